The molecule has 0 radical (unpaired) electrons. The Kier molecular flexibility index (Phi) is 5.70. The number of nitrogens with one attached hydrogen (secondary N) is 1. The van der Waals surface area contributed by atoms with Gasteiger partial charge < -0.3 is 16.8 Å². The Balaban J connectivity index is 2.31. The van der Waals surface area contributed by atoms with Gasteiger partial charge >= 0.3 is 0 Å². The molecule has 0 aliphatic heterocycles. The van der Waals surface area contributed by atoms with E-state index in [-0.39, 0.29) is 11.9 Å². The fraction of sp³-hybridized carbons (Fsp3) is 0.385. The molecule has 0 fully saturated rings. The molecule has 0 spiro atoms. The quantitative estimate of drug-likeness (QED) is 0.506. The second kappa shape index (κ2) is 7.32. The molecule has 5 nitrogen and oxygen atoms in total. The Morgan fingerprint density at radius 1 is 1.22 bits per heavy atom. The smallest absolute Gasteiger partial charge is 0.222 e. The predicted molar refractivity (Wildman–Crippen MR) is 73.0 cm³/mol. The molecule has 1 amide bonds. The third kappa shape index (κ3) is 5.34. The highest BCUT2D eigenvalue weighted by Crippen LogP contribution is 2.04. The minimum atomic E-state index is -0.0560. The number of carbonyl (C=O) groups excluding carboxylic acids is 1. The second-order valence-corrected chi connectivity index (χ2v) is 4.00. The summed E-state index contributed by atoms with van der Waals surface area (Å²) in [5.41, 5.74) is 12.7. The predicted octanol–water partition coefficient (Wildman–Crippen LogP) is 0.529. The molecular formula is C13H20N4O. The molecule has 0 aliphatic rings. The Labute approximate surface area is 107 Å². The highest BCUT2D eigenvalue weighted by molar-refractivity contribution is 5.78. The number of amides is 1. The molecule has 0 heterocycles. The van der Waals surface area contributed by atoms with Crippen molar-refractivity contribution in [2.24, 2.45) is 16.5 Å². The van der Waals surface area contributed by atoms with Gasteiger partial charge in [0.2, 0.25) is 5.91 Å². The van der Waals surface area contributed by atoms with Crippen molar-refractivity contribution in [2.45, 2.75) is 26.3 Å². The maximum Gasteiger partial charge on any atom is 0.222 e. The number of nitrogens with zero attached hydrogens (tertiary/aromatic N) is 1. The van der Waals surface area contributed by atoms with Crippen molar-refractivity contribution in [3.8, 4) is 0 Å². The third-order valence-corrected chi connectivity index (χ3v) is 2.55. The van der Waals surface area contributed by atoms with Gasteiger partial charge in [0.05, 0.1) is 6.54 Å². The van der Waals surface area contributed by atoms with E-state index in [0.29, 0.717) is 19.5 Å². The largest absolute Gasteiger partial charge is 0.370 e. The van der Waals surface area contributed by atoms with Crippen molar-refractivity contribution in [1.29, 1.82) is 0 Å². The Hall–Kier alpha value is -2.04. The highest BCUT2D eigenvalue weighted by atomic mass is 16.1. The zero-order chi connectivity index (χ0) is 13.4. The summed E-state index contributed by atoms with van der Waals surface area (Å²) in [7, 11) is 0. The number of guanidine groups is 1. The summed E-state index contributed by atoms with van der Waals surface area (Å²) in [6.45, 7) is 2.97. The van der Waals surface area contributed by atoms with Crippen LogP contribution >= 0.6 is 0 Å². The summed E-state index contributed by atoms with van der Waals surface area (Å²) in [6.07, 6.45) is 1.32. The first-order valence-corrected chi connectivity index (χ1v) is 6.01. The van der Waals surface area contributed by atoms with E-state index < -0.39 is 0 Å². The van der Waals surface area contributed by atoms with Gasteiger partial charge in [-0.05, 0) is 17.5 Å². The van der Waals surface area contributed by atoms with Crippen LogP contribution in [0, 0.1) is 0 Å². The summed E-state index contributed by atoms with van der Waals surface area (Å²) in [5, 5.41) is 2.82. The van der Waals surface area contributed by atoms with E-state index in [4.69, 9.17) is 11.5 Å². The van der Waals surface area contributed by atoms with E-state index in [0.717, 1.165) is 12.0 Å². The van der Waals surface area contributed by atoms with Crippen molar-refractivity contribution < 1.29 is 4.79 Å². The summed E-state index contributed by atoms with van der Waals surface area (Å²) in [4.78, 5) is 15.2. The number of aliphatic imine (C=N–C) groups is 1. The molecule has 0 aromatic heterocycles. The number of hydrogen-bond donors (Lipinski definition) is 3. The van der Waals surface area contributed by atoms with Crippen molar-refractivity contribution in [2.75, 3.05) is 6.54 Å². The standard InChI is InChI=1S/C13H20N4O/c1-2-10-3-5-11(6-4-10)9-17-12(18)7-8-16-13(14)15/h3-6H,2,7-9H2,1H3,(H,17,18)(H4,14,15,16). The average molecular weight is 248 g/mol. The Bertz CT molecular complexity index is 408. The number of aryl methyl sites for hydroxylation is 1. The number of hydrogen-bond acceptors (Lipinski definition) is 2. The average Bonchev–Trinajstić information content (AvgIpc) is 2.36. The van der Waals surface area contributed by atoms with Crippen molar-refractivity contribution in [3.05, 3.63) is 35.4 Å². The van der Waals surface area contributed by atoms with Gasteiger partial charge in [-0.15, -0.1) is 0 Å². The van der Waals surface area contributed by atoms with Crippen LogP contribution in [-0.4, -0.2) is 18.4 Å². The molecule has 18 heavy (non-hydrogen) atoms. The lowest BCUT2D eigenvalue weighted by Crippen LogP contribution is -2.26. The molecule has 98 valence electrons. The van der Waals surface area contributed by atoms with Crippen molar-refractivity contribution in [1.82, 2.24) is 5.32 Å². The molecule has 0 atom stereocenters. The van der Waals surface area contributed by atoms with Gasteiger partial charge in [-0.2, -0.15) is 0 Å². The van der Waals surface area contributed by atoms with Gasteiger partial charge in [0.1, 0.15) is 0 Å². The van der Waals surface area contributed by atoms with Gasteiger partial charge in [-0.1, -0.05) is 31.2 Å². The maximum absolute atomic E-state index is 11.5. The van der Waals surface area contributed by atoms with Crippen molar-refractivity contribution in [3.63, 3.8) is 0 Å². The number of nitrogens with two attached hydrogens (primary N) is 2. The normalized spacial score (nSPS) is 9.83. The van der Waals surface area contributed by atoms with Gasteiger partial charge in [-0.25, -0.2) is 0 Å². The van der Waals surface area contributed by atoms with Gasteiger partial charge in [0.25, 0.3) is 0 Å². The third-order valence-electron chi connectivity index (χ3n) is 2.55. The zero-order valence-electron chi connectivity index (χ0n) is 10.6. The fourth-order valence-electron chi connectivity index (χ4n) is 1.47. The molecule has 1 rings (SSSR count). The molecule has 1 aromatic rings. The molecule has 0 aliphatic carbocycles. The van der Waals surface area contributed by atoms with Crippen LogP contribution in [0.15, 0.2) is 29.3 Å². The number of carbonyl (C=O) groups is 1. The van der Waals surface area contributed by atoms with Crippen LogP contribution in [0.5, 0.6) is 0 Å². The molecule has 0 saturated carbocycles. The summed E-state index contributed by atoms with van der Waals surface area (Å²) < 4.78 is 0. The van der Waals surface area contributed by atoms with Crippen LogP contribution in [0.25, 0.3) is 0 Å². The molecule has 1 aromatic carbocycles. The van der Waals surface area contributed by atoms with Crippen LogP contribution in [0.1, 0.15) is 24.5 Å². The minimum absolute atomic E-state index is 0.0120. The van der Waals surface area contributed by atoms with E-state index in [9.17, 15) is 4.79 Å². The topological polar surface area (TPSA) is 93.5 Å². The lowest BCUT2D eigenvalue weighted by molar-refractivity contribution is -0.121. The second-order valence-electron chi connectivity index (χ2n) is 4.00. The zero-order valence-corrected chi connectivity index (χ0v) is 10.6. The molecule has 0 unspecified atom stereocenters. The lowest BCUT2D eigenvalue weighted by atomic mass is 10.1. The summed E-state index contributed by atoms with van der Waals surface area (Å²) in [6, 6.07) is 8.19. The minimum Gasteiger partial charge on any atom is -0.370 e. The van der Waals surface area contributed by atoms with E-state index in [1.807, 2.05) is 12.1 Å². The van der Waals surface area contributed by atoms with E-state index >= 15 is 0 Å². The Morgan fingerprint density at radius 3 is 2.39 bits per heavy atom. The Morgan fingerprint density at radius 2 is 1.83 bits per heavy atom. The monoisotopic (exact) mass is 248 g/mol. The van der Waals surface area contributed by atoms with E-state index in [1.54, 1.807) is 0 Å². The van der Waals surface area contributed by atoms with Crippen LogP contribution < -0.4 is 16.8 Å². The molecule has 0 bridgehead atoms. The number of benzene rings is 1. The van der Waals surface area contributed by atoms with Crippen LogP contribution in [0.4, 0.5) is 0 Å². The first-order valence-electron chi connectivity index (χ1n) is 6.01. The van der Waals surface area contributed by atoms with Crippen LogP contribution in [-0.2, 0) is 17.8 Å². The maximum atomic E-state index is 11.5. The lowest BCUT2D eigenvalue weighted by Gasteiger charge is -2.05. The number of rotatable bonds is 6. The van der Waals surface area contributed by atoms with Gasteiger partial charge in [0.15, 0.2) is 5.96 Å². The SMILES string of the molecule is CCc1ccc(CNC(=O)CCN=C(N)N)cc1. The molecule has 5 N–H and O–H groups in total. The summed E-state index contributed by atoms with van der Waals surface area (Å²) in [5.74, 6) is -0.0440. The van der Waals surface area contributed by atoms with Crippen LogP contribution in [0.2, 0.25) is 0 Å². The fourth-order valence-corrected chi connectivity index (χ4v) is 1.47. The first kappa shape index (κ1) is 14.0. The van der Waals surface area contributed by atoms with E-state index in [2.05, 4.69) is 29.4 Å². The van der Waals surface area contributed by atoms with Crippen LogP contribution in [0.3, 0.4) is 0 Å². The van der Waals surface area contributed by atoms with Gasteiger partial charge in [-0.3, -0.25) is 9.79 Å². The first-order chi connectivity index (χ1) is 8.61. The van der Waals surface area contributed by atoms with Gasteiger partial charge in [0, 0.05) is 13.0 Å². The molecule has 0 saturated heterocycles. The molecular weight excluding hydrogens is 228 g/mol. The highest BCUT2D eigenvalue weighted by Gasteiger charge is 2.00. The molecule has 5 heteroatoms. The van der Waals surface area contributed by atoms with Crippen molar-refractivity contribution >= 4 is 11.9 Å². The summed E-state index contributed by atoms with van der Waals surface area (Å²) >= 11 is 0. The van der Waals surface area contributed by atoms with E-state index in [1.165, 1.54) is 5.56 Å².